The number of hydrogen-bond donors (Lipinski definition) is 1. The predicted molar refractivity (Wildman–Crippen MR) is 68.6 cm³/mol. The Balaban J connectivity index is 2.18. The van der Waals surface area contributed by atoms with Crippen LogP contribution < -0.4 is 4.74 Å². The second kappa shape index (κ2) is 5.38. The topological polar surface area (TPSA) is 29.5 Å². The van der Waals surface area contributed by atoms with E-state index < -0.39 is 11.9 Å². The maximum absolute atomic E-state index is 12.9. The van der Waals surface area contributed by atoms with Crippen LogP contribution in [0.5, 0.6) is 11.5 Å². The average molecular weight is 267 g/mol. The molecule has 0 aliphatic heterocycles. The van der Waals surface area contributed by atoms with Crippen LogP contribution in [0.4, 0.5) is 4.39 Å². The lowest BCUT2D eigenvalue weighted by molar-refractivity contribution is 0.199. The molecule has 0 heterocycles. The van der Waals surface area contributed by atoms with Crippen LogP contribution in [0.2, 0.25) is 5.02 Å². The summed E-state index contributed by atoms with van der Waals surface area (Å²) >= 11 is 5.86. The normalized spacial score (nSPS) is 12.2. The van der Waals surface area contributed by atoms with Crippen molar-refractivity contribution in [2.45, 2.75) is 13.0 Å². The minimum atomic E-state index is -0.520. The summed E-state index contributed by atoms with van der Waals surface area (Å²) in [7, 11) is 0. The maximum atomic E-state index is 12.9. The lowest BCUT2D eigenvalue weighted by Crippen LogP contribution is -1.91. The summed E-state index contributed by atoms with van der Waals surface area (Å²) in [6.45, 7) is 1.69. The minimum absolute atomic E-state index is 0.217. The van der Waals surface area contributed by atoms with E-state index in [4.69, 9.17) is 16.3 Å². The average Bonchev–Trinajstić information content (AvgIpc) is 2.33. The molecule has 2 aromatic rings. The van der Waals surface area contributed by atoms with Gasteiger partial charge in [-0.2, -0.15) is 0 Å². The van der Waals surface area contributed by atoms with Gasteiger partial charge in [0.15, 0.2) is 0 Å². The third kappa shape index (κ3) is 3.00. The van der Waals surface area contributed by atoms with E-state index in [1.807, 2.05) is 0 Å². The van der Waals surface area contributed by atoms with Crippen molar-refractivity contribution in [3.8, 4) is 11.5 Å². The number of benzene rings is 2. The largest absolute Gasteiger partial charge is 0.456 e. The van der Waals surface area contributed by atoms with E-state index in [9.17, 15) is 9.50 Å². The van der Waals surface area contributed by atoms with Crippen molar-refractivity contribution in [3.63, 3.8) is 0 Å². The van der Waals surface area contributed by atoms with Crippen LogP contribution in [-0.4, -0.2) is 5.11 Å². The van der Waals surface area contributed by atoms with Crippen LogP contribution in [0.25, 0.3) is 0 Å². The Labute approximate surface area is 110 Å². The van der Waals surface area contributed by atoms with Gasteiger partial charge in [0.05, 0.1) is 11.1 Å². The van der Waals surface area contributed by atoms with E-state index in [-0.39, 0.29) is 5.02 Å². The summed E-state index contributed by atoms with van der Waals surface area (Å²) in [5.74, 6) is 0.563. The summed E-state index contributed by atoms with van der Waals surface area (Å²) in [6, 6.07) is 10.9. The third-order valence-corrected chi connectivity index (χ3v) is 2.78. The molecule has 0 aromatic heterocycles. The number of aliphatic hydroxyl groups is 1. The van der Waals surface area contributed by atoms with E-state index >= 15 is 0 Å². The van der Waals surface area contributed by atoms with Crippen LogP contribution in [0.3, 0.4) is 0 Å². The van der Waals surface area contributed by atoms with Gasteiger partial charge < -0.3 is 9.84 Å². The first-order valence-corrected chi connectivity index (χ1v) is 5.85. The highest BCUT2D eigenvalue weighted by Gasteiger charge is 2.05. The molecule has 0 aliphatic rings. The molecule has 0 fully saturated rings. The Kier molecular flexibility index (Phi) is 3.84. The van der Waals surface area contributed by atoms with Gasteiger partial charge in [-0.15, -0.1) is 0 Å². The van der Waals surface area contributed by atoms with Crippen molar-refractivity contribution in [1.29, 1.82) is 0 Å². The molecule has 2 rings (SSSR count). The van der Waals surface area contributed by atoms with Crippen LogP contribution in [0.15, 0.2) is 42.5 Å². The fraction of sp³-hybridized carbons (Fsp3) is 0.143. The van der Waals surface area contributed by atoms with Crippen LogP contribution in [0, 0.1) is 5.82 Å². The predicted octanol–water partition coefficient (Wildman–Crippen LogP) is 4.32. The standard InChI is InChI=1S/C14H12ClFO2/c1-9(17)10-2-5-12(6-3-10)18-14-7-4-11(16)8-13(14)15/h2-9,17H,1H3. The van der Waals surface area contributed by atoms with Crippen LogP contribution in [0.1, 0.15) is 18.6 Å². The van der Waals surface area contributed by atoms with Crippen LogP contribution in [-0.2, 0) is 0 Å². The van der Waals surface area contributed by atoms with Gasteiger partial charge in [-0.3, -0.25) is 0 Å². The summed E-state index contributed by atoms with van der Waals surface area (Å²) in [5.41, 5.74) is 0.799. The smallest absolute Gasteiger partial charge is 0.146 e. The molecular weight excluding hydrogens is 255 g/mol. The SMILES string of the molecule is CC(O)c1ccc(Oc2ccc(F)cc2Cl)cc1. The summed E-state index contributed by atoms with van der Waals surface area (Å²) < 4.78 is 18.4. The molecule has 2 nitrogen and oxygen atoms in total. The third-order valence-electron chi connectivity index (χ3n) is 2.48. The van der Waals surface area contributed by atoms with Crippen LogP contribution >= 0.6 is 11.6 Å². The molecule has 0 spiro atoms. The monoisotopic (exact) mass is 266 g/mol. The minimum Gasteiger partial charge on any atom is -0.456 e. The van der Waals surface area contributed by atoms with E-state index in [1.165, 1.54) is 18.2 Å². The highest BCUT2D eigenvalue weighted by molar-refractivity contribution is 6.32. The fourth-order valence-corrected chi connectivity index (χ4v) is 1.71. The number of aliphatic hydroxyl groups excluding tert-OH is 1. The van der Waals surface area contributed by atoms with Gasteiger partial charge >= 0.3 is 0 Å². The van der Waals surface area contributed by atoms with Gasteiger partial charge in [-0.25, -0.2) is 4.39 Å². The lowest BCUT2D eigenvalue weighted by Gasteiger charge is -2.09. The van der Waals surface area contributed by atoms with Gasteiger partial charge in [0.2, 0.25) is 0 Å². The van der Waals surface area contributed by atoms with Gasteiger partial charge in [0.1, 0.15) is 17.3 Å². The van der Waals surface area contributed by atoms with E-state index in [2.05, 4.69) is 0 Å². The van der Waals surface area contributed by atoms with Crippen molar-refractivity contribution in [2.24, 2.45) is 0 Å². The van der Waals surface area contributed by atoms with Gasteiger partial charge in [-0.05, 0) is 42.8 Å². The molecule has 0 saturated carbocycles. The zero-order valence-electron chi connectivity index (χ0n) is 9.73. The summed E-state index contributed by atoms with van der Waals surface area (Å²) in [4.78, 5) is 0. The Hall–Kier alpha value is -1.58. The van der Waals surface area contributed by atoms with E-state index in [0.29, 0.717) is 11.5 Å². The molecule has 0 saturated heterocycles. The molecule has 18 heavy (non-hydrogen) atoms. The Morgan fingerprint density at radius 1 is 1.17 bits per heavy atom. The Morgan fingerprint density at radius 3 is 2.39 bits per heavy atom. The zero-order valence-corrected chi connectivity index (χ0v) is 10.5. The van der Waals surface area contributed by atoms with E-state index in [0.717, 1.165) is 5.56 Å². The second-order valence-corrected chi connectivity index (χ2v) is 4.33. The van der Waals surface area contributed by atoms with Crippen molar-refractivity contribution < 1.29 is 14.2 Å². The molecule has 1 unspecified atom stereocenters. The molecule has 0 aliphatic carbocycles. The van der Waals surface area contributed by atoms with Gasteiger partial charge in [0, 0.05) is 0 Å². The number of ether oxygens (including phenoxy) is 1. The fourth-order valence-electron chi connectivity index (χ4n) is 1.50. The molecule has 1 atom stereocenters. The molecule has 1 N–H and O–H groups in total. The number of hydrogen-bond acceptors (Lipinski definition) is 2. The zero-order chi connectivity index (χ0) is 13.1. The molecule has 0 radical (unpaired) electrons. The quantitative estimate of drug-likeness (QED) is 0.896. The van der Waals surface area contributed by atoms with Gasteiger partial charge in [-0.1, -0.05) is 23.7 Å². The molecule has 94 valence electrons. The highest BCUT2D eigenvalue weighted by atomic mass is 35.5. The summed E-state index contributed by atoms with van der Waals surface area (Å²) in [6.07, 6.45) is -0.520. The molecule has 0 bridgehead atoms. The van der Waals surface area contributed by atoms with Crippen molar-refractivity contribution in [1.82, 2.24) is 0 Å². The number of rotatable bonds is 3. The maximum Gasteiger partial charge on any atom is 0.146 e. The van der Waals surface area contributed by atoms with E-state index in [1.54, 1.807) is 31.2 Å². The molecule has 0 amide bonds. The highest BCUT2D eigenvalue weighted by Crippen LogP contribution is 2.30. The molecular formula is C14H12ClFO2. The van der Waals surface area contributed by atoms with Crippen molar-refractivity contribution >= 4 is 11.6 Å². The first-order chi connectivity index (χ1) is 8.56. The lowest BCUT2D eigenvalue weighted by atomic mass is 10.1. The second-order valence-electron chi connectivity index (χ2n) is 3.92. The Bertz CT molecular complexity index is 538. The van der Waals surface area contributed by atoms with Crippen molar-refractivity contribution in [3.05, 3.63) is 58.9 Å². The first kappa shape index (κ1) is 12.9. The van der Waals surface area contributed by atoms with Crippen molar-refractivity contribution in [2.75, 3.05) is 0 Å². The van der Waals surface area contributed by atoms with Gasteiger partial charge in [0.25, 0.3) is 0 Å². The Morgan fingerprint density at radius 2 is 1.83 bits per heavy atom. The number of halogens is 2. The molecule has 4 heteroatoms. The molecule has 2 aromatic carbocycles. The first-order valence-electron chi connectivity index (χ1n) is 5.47. The summed E-state index contributed by atoms with van der Waals surface area (Å²) in [5, 5.41) is 9.59.